The van der Waals surface area contributed by atoms with Gasteiger partial charge in [-0.2, -0.15) is 0 Å². The Hall–Kier alpha value is -2.35. The summed E-state index contributed by atoms with van der Waals surface area (Å²) in [5.41, 5.74) is 1.39. The zero-order valence-electron chi connectivity index (χ0n) is 15.0. The minimum absolute atomic E-state index is 0.0896. The average Bonchev–Trinajstić information content (AvgIpc) is 2.83. The van der Waals surface area contributed by atoms with E-state index in [2.05, 4.69) is 25.4 Å². The molecule has 8 heteroatoms. The molecule has 1 atom stereocenters. The number of rotatable bonds is 5. The van der Waals surface area contributed by atoms with Gasteiger partial charge in [0.25, 0.3) is 0 Å². The summed E-state index contributed by atoms with van der Waals surface area (Å²) in [6.07, 6.45) is 4.43. The third-order valence-corrected chi connectivity index (χ3v) is 5.28. The molecule has 1 aliphatic rings. The van der Waals surface area contributed by atoms with Crippen LogP contribution in [0.3, 0.4) is 0 Å². The Labute approximate surface area is 157 Å². The molecule has 0 unspecified atom stereocenters. The van der Waals surface area contributed by atoms with Gasteiger partial charge < -0.3 is 15.2 Å². The van der Waals surface area contributed by atoms with Crippen molar-refractivity contribution in [3.05, 3.63) is 30.1 Å². The molecule has 1 aromatic carbocycles. The maximum atomic E-state index is 12.5. The summed E-state index contributed by atoms with van der Waals surface area (Å²) in [5, 5.41) is 14.7. The molecule has 7 nitrogen and oxygen atoms in total. The molecule has 26 heavy (non-hydrogen) atoms. The van der Waals surface area contributed by atoms with Crippen LogP contribution in [0.25, 0.3) is 0 Å². The fourth-order valence-electron chi connectivity index (χ4n) is 2.84. The van der Waals surface area contributed by atoms with Gasteiger partial charge in [0.1, 0.15) is 5.82 Å². The van der Waals surface area contributed by atoms with Crippen LogP contribution < -0.4 is 10.6 Å². The van der Waals surface area contributed by atoms with E-state index in [1.54, 1.807) is 24.3 Å². The Balaban J connectivity index is 1.60. The predicted molar refractivity (Wildman–Crippen MR) is 102 cm³/mol. The van der Waals surface area contributed by atoms with Crippen LogP contribution in [0.15, 0.2) is 29.4 Å². The Morgan fingerprint density at radius 2 is 1.77 bits per heavy atom. The summed E-state index contributed by atoms with van der Waals surface area (Å²) in [5.74, 6) is 0.804. The van der Waals surface area contributed by atoms with Crippen LogP contribution in [0.5, 0.6) is 0 Å². The van der Waals surface area contributed by atoms with Crippen molar-refractivity contribution in [2.45, 2.75) is 56.5 Å². The van der Waals surface area contributed by atoms with Crippen LogP contribution in [0, 0.1) is 0 Å². The number of benzene rings is 1. The van der Waals surface area contributed by atoms with E-state index in [9.17, 15) is 9.59 Å². The lowest BCUT2D eigenvalue weighted by molar-refractivity contribution is -0.115. The number of nitrogens with zero attached hydrogens (tertiary/aromatic N) is 3. The molecule has 0 spiro atoms. The van der Waals surface area contributed by atoms with Gasteiger partial charge in [0.05, 0.1) is 5.25 Å². The second-order valence-electron chi connectivity index (χ2n) is 6.37. The van der Waals surface area contributed by atoms with Gasteiger partial charge in [0.15, 0.2) is 5.16 Å². The number of carbonyl (C=O) groups is 2. The van der Waals surface area contributed by atoms with Crippen molar-refractivity contribution in [2.24, 2.45) is 0 Å². The Morgan fingerprint density at radius 3 is 2.46 bits per heavy atom. The summed E-state index contributed by atoms with van der Waals surface area (Å²) in [6.45, 7) is 4.24. The molecule has 0 bridgehead atoms. The number of aryl methyl sites for hydroxylation is 1. The summed E-state index contributed by atoms with van der Waals surface area (Å²) >= 11 is 1.43. The highest BCUT2D eigenvalue weighted by atomic mass is 32.2. The minimum Gasteiger partial charge on any atom is -0.326 e. The molecule has 0 radical (unpaired) electrons. The van der Waals surface area contributed by atoms with Crippen LogP contribution in [0.4, 0.5) is 11.4 Å². The van der Waals surface area contributed by atoms with Gasteiger partial charge in [-0.25, -0.2) is 0 Å². The summed E-state index contributed by atoms with van der Waals surface area (Å²) in [4.78, 5) is 23.5. The van der Waals surface area contributed by atoms with Gasteiger partial charge in [-0.3, -0.25) is 9.59 Å². The SMILES string of the molecule is CC(=O)Nc1ccc(NC(=O)[C@@H](C)Sc2nnc3n2CCCCC3)cc1. The lowest BCUT2D eigenvalue weighted by atomic mass is 10.2. The molecule has 1 aliphatic heterocycles. The fraction of sp³-hybridized carbons (Fsp3) is 0.444. The van der Waals surface area contributed by atoms with Crippen molar-refractivity contribution < 1.29 is 9.59 Å². The smallest absolute Gasteiger partial charge is 0.237 e. The van der Waals surface area contributed by atoms with E-state index in [1.807, 2.05) is 6.92 Å². The maximum Gasteiger partial charge on any atom is 0.237 e. The second kappa shape index (κ2) is 8.35. The third-order valence-electron chi connectivity index (χ3n) is 4.20. The molecule has 2 heterocycles. The van der Waals surface area contributed by atoms with Gasteiger partial charge in [0.2, 0.25) is 11.8 Å². The Morgan fingerprint density at radius 1 is 1.08 bits per heavy atom. The Bertz CT molecular complexity index is 787. The predicted octanol–water partition coefficient (Wildman–Crippen LogP) is 3.08. The molecule has 3 rings (SSSR count). The zero-order valence-corrected chi connectivity index (χ0v) is 15.8. The number of carbonyl (C=O) groups excluding carboxylic acids is 2. The number of hydrogen-bond acceptors (Lipinski definition) is 5. The second-order valence-corrected chi connectivity index (χ2v) is 7.68. The van der Waals surface area contributed by atoms with Crippen LogP contribution in [0.2, 0.25) is 0 Å². The molecule has 2 N–H and O–H groups in total. The molecular formula is C18H23N5O2S. The molecular weight excluding hydrogens is 350 g/mol. The number of fused-ring (bicyclic) bond motifs is 1. The fourth-order valence-corrected chi connectivity index (χ4v) is 3.74. The lowest BCUT2D eigenvalue weighted by Crippen LogP contribution is -2.23. The minimum atomic E-state index is -0.290. The topological polar surface area (TPSA) is 88.9 Å². The first-order valence-electron chi connectivity index (χ1n) is 8.80. The van der Waals surface area contributed by atoms with E-state index in [-0.39, 0.29) is 17.1 Å². The van der Waals surface area contributed by atoms with E-state index < -0.39 is 0 Å². The zero-order chi connectivity index (χ0) is 18.5. The highest BCUT2D eigenvalue weighted by Gasteiger charge is 2.21. The van der Waals surface area contributed by atoms with Crippen LogP contribution >= 0.6 is 11.8 Å². The standard InChI is InChI=1S/C18H23N5O2S/c1-12(26-18-22-21-16-6-4-3-5-11-23(16)18)17(25)20-15-9-7-14(8-10-15)19-13(2)24/h7-10,12H,3-6,11H2,1-2H3,(H,19,24)(H,20,25)/t12-/m1/s1. The third kappa shape index (κ3) is 4.63. The monoisotopic (exact) mass is 373 g/mol. The number of nitrogens with one attached hydrogen (secondary N) is 2. The van der Waals surface area contributed by atoms with Crippen LogP contribution in [-0.2, 0) is 22.6 Å². The molecule has 2 aromatic rings. The Kier molecular flexibility index (Phi) is 5.92. The van der Waals surface area contributed by atoms with Gasteiger partial charge in [-0.15, -0.1) is 10.2 Å². The number of amides is 2. The highest BCUT2D eigenvalue weighted by Crippen LogP contribution is 2.26. The maximum absolute atomic E-state index is 12.5. The van der Waals surface area contributed by atoms with Crippen molar-refractivity contribution in [1.29, 1.82) is 0 Å². The first-order chi connectivity index (χ1) is 12.5. The molecule has 0 saturated carbocycles. The normalized spacial score (nSPS) is 14.8. The van der Waals surface area contributed by atoms with Crippen molar-refractivity contribution in [3.63, 3.8) is 0 Å². The highest BCUT2D eigenvalue weighted by molar-refractivity contribution is 8.00. The first kappa shape index (κ1) is 18.4. The summed E-state index contributed by atoms with van der Waals surface area (Å²) in [6, 6.07) is 7.05. The molecule has 2 amide bonds. The molecule has 0 fully saturated rings. The first-order valence-corrected chi connectivity index (χ1v) is 9.68. The van der Waals surface area contributed by atoms with Gasteiger partial charge in [-0.05, 0) is 44.0 Å². The number of aromatic nitrogens is 3. The van der Waals surface area contributed by atoms with Crippen molar-refractivity contribution in [3.8, 4) is 0 Å². The molecule has 1 aromatic heterocycles. The average molecular weight is 373 g/mol. The van der Waals surface area contributed by atoms with Crippen LogP contribution in [0.1, 0.15) is 38.9 Å². The number of anilines is 2. The van der Waals surface area contributed by atoms with E-state index in [0.717, 1.165) is 36.8 Å². The van der Waals surface area contributed by atoms with Crippen molar-refractivity contribution in [1.82, 2.24) is 14.8 Å². The quantitative estimate of drug-likeness (QED) is 0.786. The number of thioether (sulfide) groups is 1. The summed E-state index contributed by atoms with van der Waals surface area (Å²) < 4.78 is 2.14. The van der Waals surface area contributed by atoms with Gasteiger partial charge >= 0.3 is 0 Å². The van der Waals surface area contributed by atoms with Crippen molar-refractivity contribution in [2.75, 3.05) is 10.6 Å². The lowest BCUT2D eigenvalue weighted by Gasteiger charge is -2.13. The van der Waals surface area contributed by atoms with Crippen LogP contribution in [-0.4, -0.2) is 31.8 Å². The van der Waals surface area contributed by atoms with Gasteiger partial charge in [-0.1, -0.05) is 18.2 Å². The molecule has 138 valence electrons. The van der Waals surface area contributed by atoms with Gasteiger partial charge in [0, 0.05) is 31.3 Å². The van der Waals surface area contributed by atoms with Crippen molar-refractivity contribution >= 4 is 35.0 Å². The molecule has 0 aliphatic carbocycles. The number of hydrogen-bond donors (Lipinski definition) is 2. The molecule has 0 saturated heterocycles. The largest absolute Gasteiger partial charge is 0.326 e. The van der Waals surface area contributed by atoms with E-state index >= 15 is 0 Å². The van der Waals surface area contributed by atoms with E-state index in [1.165, 1.54) is 25.1 Å². The summed E-state index contributed by atoms with van der Waals surface area (Å²) in [7, 11) is 0. The van der Waals surface area contributed by atoms with E-state index in [0.29, 0.717) is 11.4 Å². The van der Waals surface area contributed by atoms with E-state index in [4.69, 9.17) is 0 Å².